The number of hydrogen-bond donors (Lipinski definition) is 1. The molecule has 4 aromatic rings. The van der Waals surface area contributed by atoms with Crippen molar-refractivity contribution in [2.75, 3.05) is 25.0 Å². The minimum Gasteiger partial charge on any atom is -0.424 e. The maximum absolute atomic E-state index is 13.6. The van der Waals surface area contributed by atoms with Crippen molar-refractivity contribution in [3.05, 3.63) is 94.5 Å². The number of carbonyl (C=O) groups is 2. The van der Waals surface area contributed by atoms with Gasteiger partial charge < -0.3 is 19.5 Å². The molecular formula is C28H27ClN4O3. The topological polar surface area (TPSA) is 78.7 Å². The third-order valence-electron chi connectivity index (χ3n) is 6.28. The predicted molar refractivity (Wildman–Crippen MR) is 140 cm³/mol. The first-order valence-electron chi connectivity index (χ1n) is 12.0. The van der Waals surface area contributed by atoms with Crippen LogP contribution in [0.15, 0.2) is 77.2 Å². The van der Waals surface area contributed by atoms with Gasteiger partial charge in [0, 0.05) is 49.7 Å². The van der Waals surface area contributed by atoms with E-state index in [2.05, 4.69) is 10.3 Å². The first-order valence-corrected chi connectivity index (χ1v) is 12.4. The predicted octanol–water partition coefficient (Wildman–Crippen LogP) is 5.36. The third-order valence-corrected chi connectivity index (χ3v) is 6.52. The lowest BCUT2D eigenvalue weighted by molar-refractivity contribution is -0.127. The summed E-state index contributed by atoms with van der Waals surface area (Å²) in [5, 5.41) is 3.84. The van der Waals surface area contributed by atoms with Gasteiger partial charge in [0.15, 0.2) is 5.58 Å². The lowest BCUT2D eigenvalue weighted by Gasteiger charge is -2.26. The number of likely N-dealkylation sites (tertiary alicyclic amines) is 1. The van der Waals surface area contributed by atoms with Crippen LogP contribution in [0.3, 0.4) is 0 Å². The Morgan fingerprint density at radius 3 is 2.67 bits per heavy atom. The lowest BCUT2D eigenvalue weighted by atomic mass is 10.1. The van der Waals surface area contributed by atoms with Gasteiger partial charge in [0.25, 0.3) is 11.9 Å². The van der Waals surface area contributed by atoms with Crippen molar-refractivity contribution in [3.8, 4) is 0 Å². The van der Waals surface area contributed by atoms with E-state index in [9.17, 15) is 9.59 Å². The highest BCUT2D eigenvalue weighted by atomic mass is 35.5. The van der Waals surface area contributed by atoms with Crippen molar-refractivity contribution in [1.82, 2.24) is 14.8 Å². The second-order valence-electron chi connectivity index (χ2n) is 8.88. The molecule has 2 heterocycles. The highest BCUT2D eigenvalue weighted by Gasteiger charge is 2.23. The number of halogens is 1. The van der Waals surface area contributed by atoms with Gasteiger partial charge in [0.2, 0.25) is 5.91 Å². The number of aromatic nitrogens is 1. The Bertz CT molecular complexity index is 1370. The molecule has 1 saturated heterocycles. The van der Waals surface area contributed by atoms with Crippen LogP contribution in [-0.4, -0.2) is 46.2 Å². The summed E-state index contributed by atoms with van der Waals surface area (Å²) in [6, 6.07) is 23.1. The van der Waals surface area contributed by atoms with E-state index in [1.807, 2.05) is 59.5 Å². The number of rotatable bonds is 9. The molecule has 2 amide bonds. The zero-order valence-electron chi connectivity index (χ0n) is 19.8. The fourth-order valence-electron chi connectivity index (χ4n) is 4.38. The van der Waals surface area contributed by atoms with Crippen molar-refractivity contribution in [2.45, 2.75) is 25.9 Å². The number of anilines is 1. The number of fused-ring (bicyclic) bond motifs is 1. The van der Waals surface area contributed by atoms with Crippen molar-refractivity contribution in [1.29, 1.82) is 0 Å². The summed E-state index contributed by atoms with van der Waals surface area (Å²) in [5.41, 5.74) is 3.77. The van der Waals surface area contributed by atoms with Gasteiger partial charge in [-0.3, -0.25) is 9.59 Å². The van der Waals surface area contributed by atoms with Crippen molar-refractivity contribution >= 4 is 40.5 Å². The minimum absolute atomic E-state index is 0.108. The molecule has 184 valence electrons. The van der Waals surface area contributed by atoms with Gasteiger partial charge in [-0.1, -0.05) is 54.1 Å². The number of oxazole rings is 1. The molecule has 1 aromatic heterocycles. The Hall–Kier alpha value is -3.84. The Morgan fingerprint density at radius 1 is 1.06 bits per heavy atom. The number of nitrogens with zero attached hydrogens (tertiary/aromatic N) is 3. The fourth-order valence-corrected chi connectivity index (χ4v) is 4.59. The average molecular weight is 503 g/mol. The third kappa shape index (κ3) is 5.69. The van der Waals surface area contributed by atoms with E-state index in [1.54, 1.807) is 23.1 Å². The minimum atomic E-state index is -0.108. The number of hydrogen-bond acceptors (Lipinski definition) is 5. The molecule has 0 bridgehead atoms. The summed E-state index contributed by atoms with van der Waals surface area (Å²) in [4.78, 5) is 33.8. The SMILES string of the molecule is O=C1CCCN1CCN(Cc1ccccc1)C(=O)c1ccc2oc(NCc3cccc(Cl)c3)nc2c1. The molecule has 5 rings (SSSR count). The molecule has 7 nitrogen and oxygen atoms in total. The van der Waals surface area contributed by atoms with Crippen LogP contribution >= 0.6 is 11.6 Å². The van der Waals surface area contributed by atoms with Crippen LogP contribution in [0.1, 0.15) is 34.3 Å². The van der Waals surface area contributed by atoms with E-state index in [1.165, 1.54) is 0 Å². The van der Waals surface area contributed by atoms with Gasteiger partial charge in [0.1, 0.15) is 5.52 Å². The highest BCUT2D eigenvalue weighted by molar-refractivity contribution is 6.30. The van der Waals surface area contributed by atoms with E-state index in [-0.39, 0.29) is 11.8 Å². The molecule has 0 spiro atoms. The molecule has 1 fully saturated rings. The molecule has 1 N–H and O–H groups in total. The van der Waals surface area contributed by atoms with E-state index in [0.29, 0.717) is 60.3 Å². The van der Waals surface area contributed by atoms with Crippen LogP contribution < -0.4 is 5.32 Å². The summed E-state index contributed by atoms with van der Waals surface area (Å²) >= 11 is 6.06. The van der Waals surface area contributed by atoms with Crippen LogP contribution in [-0.2, 0) is 17.9 Å². The zero-order chi connectivity index (χ0) is 24.9. The van der Waals surface area contributed by atoms with Gasteiger partial charge in [-0.15, -0.1) is 0 Å². The monoisotopic (exact) mass is 502 g/mol. The van der Waals surface area contributed by atoms with Gasteiger partial charge >= 0.3 is 0 Å². The number of benzene rings is 3. The Balaban J connectivity index is 1.32. The summed E-state index contributed by atoms with van der Waals surface area (Å²) in [6.45, 7) is 2.72. The van der Waals surface area contributed by atoms with Crippen LogP contribution in [0, 0.1) is 0 Å². The van der Waals surface area contributed by atoms with Gasteiger partial charge in [-0.05, 0) is 47.9 Å². The van der Waals surface area contributed by atoms with E-state index in [4.69, 9.17) is 16.0 Å². The maximum atomic E-state index is 13.6. The largest absolute Gasteiger partial charge is 0.424 e. The molecule has 8 heteroatoms. The molecule has 0 aliphatic carbocycles. The lowest BCUT2D eigenvalue weighted by Crippen LogP contribution is -2.38. The average Bonchev–Trinajstić information content (AvgIpc) is 3.50. The molecule has 0 atom stereocenters. The Morgan fingerprint density at radius 2 is 1.89 bits per heavy atom. The van der Waals surface area contributed by atoms with Crippen LogP contribution in [0.4, 0.5) is 6.01 Å². The summed E-state index contributed by atoms with van der Waals surface area (Å²) in [7, 11) is 0. The van der Waals surface area contributed by atoms with Crippen molar-refractivity contribution in [2.24, 2.45) is 0 Å². The molecule has 1 aliphatic rings. The van der Waals surface area contributed by atoms with Gasteiger partial charge in [-0.25, -0.2) is 0 Å². The molecular weight excluding hydrogens is 476 g/mol. The second kappa shape index (κ2) is 10.8. The molecule has 3 aromatic carbocycles. The Labute approximate surface area is 214 Å². The smallest absolute Gasteiger partial charge is 0.295 e. The van der Waals surface area contributed by atoms with E-state index in [0.717, 1.165) is 24.1 Å². The Kier molecular flexibility index (Phi) is 7.18. The quantitative estimate of drug-likeness (QED) is 0.333. The normalized spacial score (nSPS) is 13.4. The van der Waals surface area contributed by atoms with Crippen molar-refractivity contribution < 1.29 is 14.0 Å². The molecule has 0 unspecified atom stereocenters. The van der Waals surface area contributed by atoms with Gasteiger partial charge in [-0.2, -0.15) is 4.98 Å². The molecule has 0 radical (unpaired) electrons. The summed E-state index contributed by atoms with van der Waals surface area (Å²) < 4.78 is 5.81. The molecule has 36 heavy (non-hydrogen) atoms. The number of amides is 2. The fraction of sp³-hybridized carbons (Fsp3) is 0.250. The number of carbonyl (C=O) groups excluding carboxylic acids is 2. The first-order chi connectivity index (χ1) is 17.5. The summed E-state index contributed by atoms with van der Waals surface area (Å²) in [6.07, 6.45) is 1.46. The first kappa shape index (κ1) is 23.9. The molecule has 0 saturated carbocycles. The zero-order valence-corrected chi connectivity index (χ0v) is 20.6. The van der Waals surface area contributed by atoms with Crippen LogP contribution in [0.2, 0.25) is 5.02 Å². The molecule has 1 aliphatic heterocycles. The second-order valence-corrected chi connectivity index (χ2v) is 9.32. The standard InChI is InChI=1S/C28H27ClN4O3/c29-23-9-4-8-21(16-23)18-30-28-31-24-17-22(11-12-25(24)36-28)27(35)33(19-20-6-2-1-3-7-20)15-14-32-13-5-10-26(32)34/h1-4,6-9,11-12,16-17H,5,10,13-15,18-19H2,(H,30,31). The maximum Gasteiger partial charge on any atom is 0.295 e. The van der Waals surface area contributed by atoms with E-state index >= 15 is 0 Å². The summed E-state index contributed by atoms with van der Waals surface area (Å²) in [5.74, 6) is 0.0489. The number of nitrogens with one attached hydrogen (secondary N) is 1. The van der Waals surface area contributed by atoms with Crippen LogP contribution in [0.5, 0.6) is 0 Å². The van der Waals surface area contributed by atoms with E-state index < -0.39 is 0 Å². The van der Waals surface area contributed by atoms with Gasteiger partial charge in [0.05, 0.1) is 0 Å². The highest BCUT2D eigenvalue weighted by Crippen LogP contribution is 2.22. The van der Waals surface area contributed by atoms with Crippen molar-refractivity contribution in [3.63, 3.8) is 0 Å². The van der Waals surface area contributed by atoms with Crippen LogP contribution in [0.25, 0.3) is 11.1 Å².